The second-order valence-electron chi connectivity index (χ2n) is 6.84. The van der Waals surface area contributed by atoms with E-state index in [4.69, 9.17) is 0 Å². The van der Waals surface area contributed by atoms with Crippen LogP contribution in [0.3, 0.4) is 0 Å². The van der Waals surface area contributed by atoms with E-state index < -0.39 is 10.0 Å². The van der Waals surface area contributed by atoms with E-state index in [1.165, 1.54) is 0 Å². The largest absolute Gasteiger partial charge is 0.314 e. The Balaban J connectivity index is 2.27. The van der Waals surface area contributed by atoms with Gasteiger partial charge in [0.15, 0.2) is 0 Å². The molecule has 0 aromatic heterocycles. The molecule has 1 fully saturated rings. The highest BCUT2D eigenvalue weighted by molar-refractivity contribution is 7.89. The maximum atomic E-state index is 12.0. The summed E-state index contributed by atoms with van der Waals surface area (Å²) in [5, 5.41) is 3.24. The second kappa shape index (κ2) is 7.04. The molecule has 1 saturated carbocycles. The lowest BCUT2D eigenvalue weighted by Crippen LogP contribution is -2.40. The smallest absolute Gasteiger partial charge is 0.211 e. The van der Waals surface area contributed by atoms with Crippen molar-refractivity contribution in [3.63, 3.8) is 0 Å². The summed E-state index contributed by atoms with van der Waals surface area (Å²) >= 11 is 0. The van der Waals surface area contributed by atoms with Crippen LogP contribution in [-0.2, 0) is 10.0 Å². The highest BCUT2D eigenvalue weighted by atomic mass is 32.2. The fraction of sp³-hybridized carbons (Fsp3) is 1.00. The van der Waals surface area contributed by atoms with Gasteiger partial charge in [0.1, 0.15) is 0 Å². The molecule has 0 atom stereocenters. The van der Waals surface area contributed by atoms with Crippen molar-refractivity contribution in [3.05, 3.63) is 0 Å². The summed E-state index contributed by atoms with van der Waals surface area (Å²) in [5.41, 5.74) is 0.378. The summed E-state index contributed by atoms with van der Waals surface area (Å²) in [6.45, 7) is 9.41. The third-order valence-electron chi connectivity index (χ3n) is 3.83. The van der Waals surface area contributed by atoms with E-state index in [9.17, 15) is 8.42 Å². The highest BCUT2D eigenvalue weighted by Crippen LogP contribution is 2.35. The van der Waals surface area contributed by atoms with Gasteiger partial charge in [-0.2, -0.15) is 0 Å². The first-order chi connectivity index (χ1) is 8.70. The Morgan fingerprint density at radius 3 is 2.32 bits per heavy atom. The Kier molecular flexibility index (Phi) is 6.27. The maximum absolute atomic E-state index is 12.0. The maximum Gasteiger partial charge on any atom is 0.211 e. The first kappa shape index (κ1) is 16.9. The summed E-state index contributed by atoms with van der Waals surface area (Å²) in [6.07, 6.45) is 4.82. The van der Waals surface area contributed by atoms with Gasteiger partial charge in [-0.1, -0.05) is 27.7 Å². The predicted octanol–water partition coefficient (Wildman–Crippen LogP) is 2.26. The molecule has 1 aliphatic carbocycles. The van der Waals surface area contributed by atoms with E-state index in [1.807, 2.05) is 0 Å². The van der Waals surface area contributed by atoms with E-state index in [0.29, 0.717) is 17.9 Å². The minimum atomic E-state index is -3.11. The Hall–Kier alpha value is -0.130. The molecule has 0 spiro atoms. The topological polar surface area (TPSA) is 58.2 Å². The van der Waals surface area contributed by atoms with Crippen LogP contribution in [0.5, 0.6) is 0 Å². The first-order valence-electron chi connectivity index (χ1n) is 7.44. The SMILES string of the molecule is CC(C)NCCCS(=O)(=O)NC1CCC(C)(C)CC1. The van der Waals surface area contributed by atoms with Gasteiger partial charge in [0.05, 0.1) is 5.75 Å². The molecule has 0 amide bonds. The van der Waals surface area contributed by atoms with E-state index in [0.717, 1.165) is 32.2 Å². The lowest BCUT2D eigenvalue weighted by atomic mass is 9.76. The molecule has 0 aliphatic heterocycles. The number of hydrogen-bond donors (Lipinski definition) is 2. The number of nitrogens with one attached hydrogen (secondary N) is 2. The zero-order chi connectivity index (χ0) is 14.5. The van der Waals surface area contributed by atoms with Crippen molar-refractivity contribution in [1.82, 2.24) is 10.0 Å². The molecule has 0 aromatic rings. The molecule has 0 heterocycles. The van der Waals surface area contributed by atoms with Crippen LogP contribution < -0.4 is 10.0 Å². The van der Waals surface area contributed by atoms with E-state index in [1.54, 1.807) is 0 Å². The molecule has 114 valence electrons. The summed E-state index contributed by atoms with van der Waals surface area (Å²) in [6, 6.07) is 0.562. The van der Waals surface area contributed by atoms with Crippen molar-refractivity contribution in [1.29, 1.82) is 0 Å². The Labute approximate surface area is 118 Å². The third-order valence-corrected chi connectivity index (χ3v) is 5.35. The van der Waals surface area contributed by atoms with Crippen molar-refractivity contribution in [3.8, 4) is 0 Å². The van der Waals surface area contributed by atoms with E-state index >= 15 is 0 Å². The summed E-state index contributed by atoms with van der Waals surface area (Å²) in [7, 11) is -3.11. The van der Waals surface area contributed by atoms with Crippen LogP contribution in [0.4, 0.5) is 0 Å². The molecule has 0 unspecified atom stereocenters. The minimum absolute atomic E-state index is 0.149. The van der Waals surface area contributed by atoms with Crippen LogP contribution in [-0.4, -0.2) is 32.8 Å². The molecule has 2 N–H and O–H groups in total. The molecular weight excluding hydrogens is 260 g/mol. The Morgan fingerprint density at radius 1 is 1.21 bits per heavy atom. The summed E-state index contributed by atoms with van der Waals surface area (Å²) in [5.74, 6) is 0.229. The molecule has 5 heteroatoms. The van der Waals surface area contributed by atoms with Crippen LogP contribution in [0, 0.1) is 5.41 Å². The Bertz CT molecular complexity index is 354. The van der Waals surface area contributed by atoms with Crippen LogP contribution in [0.15, 0.2) is 0 Å². The molecule has 1 aliphatic rings. The van der Waals surface area contributed by atoms with Gasteiger partial charge in [0, 0.05) is 12.1 Å². The zero-order valence-corrected chi connectivity index (χ0v) is 13.6. The monoisotopic (exact) mass is 290 g/mol. The zero-order valence-electron chi connectivity index (χ0n) is 12.8. The van der Waals surface area contributed by atoms with Gasteiger partial charge >= 0.3 is 0 Å². The van der Waals surface area contributed by atoms with Gasteiger partial charge in [-0.15, -0.1) is 0 Å². The molecule has 19 heavy (non-hydrogen) atoms. The first-order valence-corrected chi connectivity index (χ1v) is 9.09. The average Bonchev–Trinajstić information content (AvgIpc) is 2.27. The molecule has 1 rings (SSSR count). The van der Waals surface area contributed by atoms with Crippen LogP contribution in [0.1, 0.15) is 59.8 Å². The molecule has 4 nitrogen and oxygen atoms in total. The lowest BCUT2D eigenvalue weighted by Gasteiger charge is -2.34. The second-order valence-corrected chi connectivity index (χ2v) is 8.71. The quantitative estimate of drug-likeness (QED) is 0.707. The van der Waals surface area contributed by atoms with Crippen molar-refractivity contribution >= 4 is 10.0 Å². The van der Waals surface area contributed by atoms with Crippen LogP contribution in [0.2, 0.25) is 0 Å². The van der Waals surface area contributed by atoms with Crippen LogP contribution in [0.25, 0.3) is 0 Å². The molecule has 0 radical (unpaired) electrons. The van der Waals surface area contributed by atoms with Gasteiger partial charge in [-0.25, -0.2) is 13.1 Å². The van der Waals surface area contributed by atoms with Gasteiger partial charge in [0.2, 0.25) is 10.0 Å². The highest BCUT2D eigenvalue weighted by Gasteiger charge is 2.28. The van der Waals surface area contributed by atoms with E-state index in [-0.39, 0.29) is 11.8 Å². The van der Waals surface area contributed by atoms with Crippen molar-refractivity contribution in [2.75, 3.05) is 12.3 Å². The number of sulfonamides is 1. The predicted molar refractivity (Wildman–Crippen MR) is 80.7 cm³/mol. The average molecular weight is 290 g/mol. The van der Waals surface area contributed by atoms with Gasteiger partial charge in [-0.05, 0) is 44.1 Å². The van der Waals surface area contributed by atoms with Crippen LogP contribution >= 0.6 is 0 Å². The van der Waals surface area contributed by atoms with Crippen molar-refractivity contribution < 1.29 is 8.42 Å². The van der Waals surface area contributed by atoms with Gasteiger partial charge in [-0.3, -0.25) is 0 Å². The van der Waals surface area contributed by atoms with Crippen molar-refractivity contribution in [2.45, 2.75) is 71.9 Å². The van der Waals surface area contributed by atoms with Gasteiger partial charge in [0.25, 0.3) is 0 Å². The van der Waals surface area contributed by atoms with E-state index in [2.05, 4.69) is 37.7 Å². The fourth-order valence-electron chi connectivity index (χ4n) is 2.48. The number of rotatable bonds is 7. The Morgan fingerprint density at radius 2 is 1.79 bits per heavy atom. The third kappa shape index (κ3) is 7.28. The summed E-state index contributed by atoms with van der Waals surface area (Å²) < 4.78 is 26.8. The van der Waals surface area contributed by atoms with Crippen molar-refractivity contribution in [2.24, 2.45) is 5.41 Å². The molecule has 0 aromatic carbocycles. The lowest BCUT2D eigenvalue weighted by molar-refractivity contribution is 0.218. The molecule has 0 bridgehead atoms. The van der Waals surface area contributed by atoms with Gasteiger partial charge < -0.3 is 5.32 Å². The standard InChI is InChI=1S/C14H30N2O2S/c1-12(2)15-10-5-11-19(17,18)16-13-6-8-14(3,4)9-7-13/h12-13,15-16H,5-11H2,1-4H3. The molecular formula is C14H30N2O2S. The molecule has 0 saturated heterocycles. The minimum Gasteiger partial charge on any atom is -0.314 e. The normalized spacial score (nSPS) is 20.9. The fourth-order valence-corrected chi connectivity index (χ4v) is 3.87. The summed E-state index contributed by atoms with van der Waals surface area (Å²) in [4.78, 5) is 0. The number of hydrogen-bond acceptors (Lipinski definition) is 3.